The molecular weight excluding hydrogens is 268 g/mol. The second kappa shape index (κ2) is 5.62. The average Bonchev–Trinajstić information content (AvgIpc) is 2.45. The Morgan fingerprint density at radius 3 is 2.65 bits per heavy atom. The fraction of sp³-hybridized carbons (Fsp3) is 0.438. The topological polar surface area (TPSA) is 36.4 Å². The van der Waals surface area contributed by atoms with Gasteiger partial charge in [0.1, 0.15) is 5.82 Å². The van der Waals surface area contributed by atoms with E-state index >= 15 is 0 Å². The Hall–Kier alpha value is -1.26. The zero-order valence-electron chi connectivity index (χ0n) is 11.9. The molecule has 3 rings (SSSR count). The predicted octanol–water partition coefficient (Wildman–Crippen LogP) is 3.06. The molecule has 0 bridgehead atoms. The third-order valence-corrected chi connectivity index (χ3v) is 4.93. The fourth-order valence-corrected chi connectivity index (χ4v) is 4.21. The molecule has 2 aromatic rings. The second-order valence-corrected chi connectivity index (χ2v) is 7.36. The fourth-order valence-electron chi connectivity index (χ4n) is 2.89. The lowest BCUT2D eigenvalue weighted by atomic mass is 10.1. The molecule has 2 unspecified atom stereocenters. The van der Waals surface area contributed by atoms with E-state index in [-0.39, 0.29) is 6.61 Å². The summed E-state index contributed by atoms with van der Waals surface area (Å²) in [4.78, 5) is 7.13. The van der Waals surface area contributed by atoms with Gasteiger partial charge in [-0.2, -0.15) is 11.8 Å². The zero-order valence-corrected chi connectivity index (χ0v) is 12.7. The number of aromatic nitrogens is 1. The molecule has 2 atom stereocenters. The molecule has 1 aromatic carbocycles. The standard InChI is InChI=1S/C16H20N2OS/c1-11-8-18(9-12(2)20-11)16-7-13(10-19)14-5-3-4-6-15(14)17-16/h3-7,11-12,19H,8-10H2,1-2H3. The number of nitrogens with zero attached hydrogens (tertiary/aromatic N) is 2. The monoisotopic (exact) mass is 288 g/mol. The molecule has 20 heavy (non-hydrogen) atoms. The largest absolute Gasteiger partial charge is 0.392 e. The number of fused-ring (bicyclic) bond motifs is 1. The van der Waals surface area contributed by atoms with E-state index in [1.165, 1.54) is 0 Å². The van der Waals surface area contributed by atoms with Gasteiger partial charge in [0.25, 0.3) is 0 Å². The molecule has 106 valence electrons. The van der Waals surface area contributed by atoms with E-state index in [1.807, 2.05) is 42.1 Å². The molecule has 1 saturated heterocycles. The molecule has 1 aliphatic heterocycles. The second-order valence-electron chi connectivity index (χ2n) is 5.48. The molecule has 0 saturated carbocycles. The van der Waals surface area contributed by atoms with Crippen LogP contribution in [0.2, 0.25) is 0 Å². The Kier molecular flexibility index (Phi) is 3.85. The van der Waals surface area contributed by atoms with Crippen molar-refractivity contribution in [3.63, 3.8) is 0 Å². The molecule has 1 N–H and O–H groups in total. The minimum absolute atomic E-state index is 0.0593. The molecule has 0 aliphatic carbocycles. The Bertz CT molecular complexity index is 606. The Balaban J connectivity index is 2.03. The van der Waals surface area contributed by atoms with Crippen molar-refractivity contribution in [2.24, 2.45) is 0 Å². The van der Waals surface area contributed by atoms with Crippen LogP contribution in [0.1, 0.15) is 19.4 Å². The Morgan fingerprint density at radius 2 is 1.95 bits per heavy atom. The van der Waals surface area contributed by atoms with Gasteiger partial charge in [-0.05, 0) is 17.7 Å². The Morgan fingerprint density at radius 1 is 1.25 bits per heavy atom. The highest BCUT2D eigenvalue weighted by Gasteiger charge is 2.23. The molecule has 4 heteroatoms. The number of pyridine rings is 1. The summed E-state index contributed by atoms with van der Waals surface area (Å²) in [6.07, 6.45) is 0. The van der Waals surface area contributed by atoms with Crippen LogP contribution in [-0.4, -0.2) is 33.7 Å². The van der Waals surface area contributed by atoms with E-state index in [0.29, 0.717) is 10.5 Å². The molecule has 2 heterocycles. The number of aliphatic hydroxyl groups excluding tert-OH is 1. The number of para-hydroxylation sites is 1. The van der Waals surface area contributed by atoms with E-state index in [2.05, 4.69) is 18.7 Å². The van der Waals surface area contributed by atoms with Crippen molar-refractivity contribution in [1.29, 1.82) is 0 Å². The normalized spacial score (nSPS) is 23.2. The molecule has 1 aromatic heterocycles. The van der Waals surface area contributed by atoms with E-state index in [0.717, 1.165) is 35.4 Å². The highest BCUT2D eigenvalue weighted by atomic mass is 32.2. The van der Waals surface area contributed by atoms with Gasteiger partial charge in [-0.3, -0.25) is 0 Å². The molecule has 0 spiro atoms. The van der Waals surface area contributed by atoms with E-state index in [9.17, 15) is 5.11 Å². The van der Waals surface area contributed by atoms with E-state index in [1.54, 1.807) is 0 Å². The number of hydrogen-bond donors (Lipinski definition) is 1. The van der Waals surface area contributed by atoms with Gasteiger partial charge >= 0.3 is 0 Å². The summed E-state index contributed by atoms with van der Waals surface area (Å²) in [5.74, 6) is 0.992. The Labute approximate surface area is 124 Å². The van der Waals surface area contributed by atoms with E-state index < -0.39 is 0 Å². The maximum absolute atomic E-state index is 9.61. The summed E-state index contributed by atoms with van der Waals surface area (Å²) in [5.41, 5.74) is 1.93. The van der Waals surface area contributed by atoms with Crippen molar-refractivity contribution < 1.29 is 5.11 Å². The lowest BCUT2D eigenvalue weighted by Crippen LogP contribution is -2.40. The highest BCUT2D eigenvalue weighted by molar-refractivity contribution is 8.00. The average molecular weight is 288 g/mol. The van der Waals surface area contributed by atoms with Crippen LogP contribution in [0.15, 0.2) is 30.3 Å². The molecule has 3 nitrogen and oxygen atoms in total. The maximum Gasteiger partial charge on any atom is 0.129 e. The van der Waals surface area contributed by atoms with Gasteiger partial charge in [-0.1, -0.05) is 32.0 Å². The summed E-state index contributed by atoms with van der Waals surface area (Å²) < 4.78 is 0. The molecular formula is C16H20N2OS. The number of thioether (sulfide) groups is 1. The summed E-state index contributed by atoms with van der Waals surface area (Å²) >= 11 is 2.03. The van der Waals surface area contributed by atoms with Gasteiger partial charge in [0.05, 0.1) is 12.1 Å². The zero-order chi connectivity index (χ0) is 14.1. The van der Waals surface area contributed by atoms with Crippen LogP contribution < -0.4 is 4.90 Å². The van der Waals surface area contributed by atoms with Gasteiger partial charge in [0.15, 0.2) is 0 Å². The van der Waals surface area contributed by atoms with Crippen LogP contribution in [0.5, 0.6) is 0 Å². The van der Waals surface area contributed by atoms with Crippen molar-refractivity contribution >= 4 is 28.5 Å². The minimum atomic E-state index is 0.0593. The predicted molar refractivity (Wildman–Crippen MR) is 86.4 cm³/mol. The summed E-state index contributed by atoms with van der Waals surface area (Å²) in [6.45, 7) is 6.63. The minimum Gasteiger partial charge on any atom is -0.392 e. The van der Waals surface area contributed by atoms with Gasteiger partial charge in [-0.15, -0.1) is 0 Å². The molecule has 0 radical (unpaired) electrons. The van der Waals surface area contributed by atoms with Crippen LogP contribution in [-0.2, 0) is 6.61 Å². The number of anilines is 1. The van der Waals surface area contributed by atoms with Gasteiger partial charge < -0.3 is 10.0 Å². The van der Waals surface area contributed by atoms with Crippen LogP contribution in [0.3, 0.4) is 0 Å². The van der Waals surface area contributed by atoms with Crippen molar-refractivity contribution in [3.8, 4) is 0 Å². The van der Waals surface area contributed by atoms with Crippen LogP contribution in [0.4, 0.5) is 5.82 Å². The van der Waals surface area contributed by atoms with Crippen molar-refractivity contribution in [2.45, 2.75) is 31.0 Å². The first kappa shape index (κ1) is 13.7. The van der Waals surface area contributed by atoms with Crippen molar-refractivity contribution in [1.82, 2.24) is 4.98 Å². The van der Waals surface area contributed by atoms with Crippen molar-refractivity contribution in [2.75, 3.05) is 18.0 Å². The lowest BCUT2D eigenvalue weighted by Gasteiger charge is -2.35. The number of aliphatic hydroxyl groups is 1. The first-order chi connectivity index (χ1) is 9.67. The SMILES string of the molecule is CC1CN(c2cc(CO)c3ccccc3n2)CC(C)S1. The molecule has 1 fully saturated rings. The molecule has 1 aliphatic rings. The number of benzene rings is 1. The number of rotatable bonds is 2. The third-order valence-electron chi connectivity index (χ3n) is 3.70. The van der Waals surface area contributed by atoms with Crippen LogP contribution >= 0.6 is 11.8 Å². The lowest BCUT2D eigenvalue weighted by molar-refractivity contribution is 0.283. The van der Waals surface area contributed by atoms with Crippen LogP contribution in [0, 0.1) is 0 Å². The van der Waals surface area contributed by atoms with Gasteiger partial charge in [-0.25, -0.2) is 4.98 Å². The summed E-state index contributed by atoms with van der Waals surface area (Å²) in [5, 5.41) is 11.9. The summed E-state index contributed by atoms with van der Waals surface area (Å²) in [7, 11) is 0. The first-order valence-corrected chi connectivity index (χ1v) is 8.01. The van der Waals surface area contributed by atoms with Gasteiger partial charge in [0.2, 0.25) is 0 Å². The third kappa shape index (κ3) is 2.63. The smallest absolute Gasteiger partial charge is 0.129 e. The summed E-state index contributed by atoms with van der Waals surface area (Å²) in [6, 6.07) is 10.1. The highest BCUT2D eigenvalue weighted by Crippen LogP contribution is 2.30. The quantitative estimate of drug-likeness (QED) is 0.921. The van der Waals surface area contributed by atoms with Crippen molar-refractivity contribution in [3.05, 3.63) is 35.9 Å². The number of hydrogen-bond acceptors (Lipinski definition) is 4. The first-order valence-electron chi connectivity index (χ1n) is 7.07. The van der Waals surface area contributed by atoms with Gasteiger partial charge in [0, 0.05) is 29.0 Å². The van der Waals surface area contributed by atoms with Crippen LogP contribution in [0.25, 0.3) is 10.9 Å². The maximum atomic E-state index is 9.61. The van der Waals surface area contributed by atoms with E-state index in [4.69, 9.17) is 4.98 Å². The molecule has 0 amide bonds.